The number of fused-ring (bicyclic) bond motifs is 1. The summed E-state index contributed by atoms with van der Waals surface area (Å²) in [4.78, 5) is 20.8. The standard InChI is InChI=1S/C19H19N3O2/c1-2-11-24-18-6-4-3-5-15(18)13-21-19(23)17-8-7-14-12-20-10-9-16(14)22-17/h3-10,12H,2,11,13H2,1H3,(H,21,23). The van der Waals surface area contributed by atoms with Crippen molar-refractivity contribution in [2.45, 2.75) is 19.9 Å². The third kappa shape index (κ3) is 3.68. The van der Waals surface area contributed by atoms with E-state index in [2.05, 4.69) is 22.2 Å². The molecule has 0 aliphatic heterocycles. The van der Waals surface area contributed by atoms with Gasteiger partial charge in [0, 0.05) is 29.9 Å². The van der Waals surface area contributed by atoms with Gasteiger partial charge in [0.15, 0.2) is 0 Å². The Morgan fingerprint density at radius 3 is 2.92 bits per heavy atom. The molecule has 24 heavy (non-hydrogen) atoms. The van der Waals surface area contributed by atoms with Gasteiger partial charge in [-0.3, -0.25) is 9.78 Å². The van der Waals surface area contributed by atoms with Gasteiger partial charge in [0.05, 0.1) is 12.1 Å². The predicted molar refractivity (Wildman–Crippen MR) is 92.9 cm³/mol. The van der Waals surface area contributed by atoms with E-state index < -0.39 is 0 Å². The Labute approximate surface area is 140 Å². The Bertz CT molecular complexity index is 849. The lowest BCUT2D eigenvalue weighted by atomic mass is 10.2. The molecular weight excluding hydrogens is 302 g/mol. The zero-order valence-electron chi connectivity index (χ0n) is 13.5. The molecule has 3 aromatic rings. The van der Waals surface area contributed by atoms with E-state index in [0.717, 1.165) is 28.6 Å². The Balaban J connectivity index is 1.70. The molecule has 0 spiro atoms. The number of hydrogen-bond acceptors (Lipinski definition) is 4. The quantitative estimate of drug-likeness (QED) is 0.756. The molecule has 3 rings (SSSR count). The summed E-state index contributed by atoms with van der Waals surface area (Å²) in [7, 11) is 0. The number of benzene rings is 1. The van der Waals surface area contributed by atoms with Crippen LogP contribution in [0.25, 0.3) is 10.9 Å². The molecule has 0 bridgehead atoms. The number of aromatic nitrogens is 2. The summed E-state index contributed by atoms with van der Waals surface area (Å²) in [5, 5.41) is 3.81. The van der Waals surface area contributed by atoms with Crippen LogP contribution in [-0.4, -0.2) is 22.5 Å². The number of carbonyl (C=O) groups is 1. The molecule has 1 amide bonds. The van der Waals surface area contributed by atoms with E-state index in [4.69, 9.17) is 4.74 Å². The second-order valence-corrected chi connectivity index (χ2v) is 5.40. The molecule has 5 nitrogen and oxygen atoms in total. The molecular formula is C19H19N3O2. The SMILES string of the molecule is CCCOc1ccccc1CNC(=O)c1ccc2cnccc2n1. The number of para-hydroxylation sites is 1. The Kier molecular flexibility index (Phi) is 5.01. The molecule has 0 atom stereocenters. The summed E-state index contributed by atoms with van der Waals surface area (Å²) in [6.07, 6.45) is 4.33. The minimum Gasteiger partial charge on any atom is -0.493 e. The molecule has 0 radical (unpaired) electrons. The third-order valence-corrected chi connectivity index (χ3v) is 3.60. The summed E-state index contributed by atoms with van der Waals surface area (Å²) in [6, 6.07) is 13.1. The molecule has 2 aromatic heterocycles. The second kappa shape index (κ2) is 7.55. The summed E-state index contributed by atoms with van der Waals surface area (Å²) < 4.78 is 5.71. The summed E-state index contributed by atoms with van der Waals surface area (Å²) in [6.45, 7) is 3.12. The fourth-order valence-corrected chi connectivity index (χ4v) is 2.36. The molecule has 2 heterocycles. The highest BCUT2D eigenvalue weighted by Crippen LogP contribution is 2.18. The Morgan fingerprint density at radius 2 is 2.04 bits per heavy atom. The topological polar surface area (TPSA) is 64.1 Å². The van der Waals surface area contributed by atoms with Crippen molar-refractivity contribution in [3.05, 3.63) is 66.1 Å². The van der Waals surface area contributed by atoms with E-state index in [1.807, 2.05) is 30.3 Å². The van der Waals surface area contributed by atoms with Crippen molar-refractivity contribution in [3.8, 4) is 5.75 Å². The summed E-state index contributed by atoms with van der Waals surface area (Å²) in [5.74, 6) is 0.594. The minimum atomic E-state index is -0.209. The minimum absolute atomic E-state index is 0.209. The third-order valence-electron chi connectivity index (χ3n) is 3.60. The van der Waals surface area contributed by atoms with E-state index >= 15 is 0 Å². The van der Waals surface area contributed by atoms with Gasteiger partial charge in [-0.25, -0.2) is 4.98 Å². The first kappa shape index (κ1) is 15.9. The molecule has 1 N–H and O–H groups in total. The zero-order valence-corrected chi connectivity index (χ0v) is 13.5. The van der Waals surface area contributed by atoms with Gasteiger partial charge in [0.25, 0.3) is 5.91 Å². The van der Waals surface area contributed by atoms with E-state index in [9.17, 15) is 4.79 Å². The smallest absolute Gasteiger partial charge is 0.270 e. The number of amides is 1. The highest BCUT2D eigenvalue weighted by atomic mass is 16.5. The van der Waals surface area contributed by atoms with Gasteiger partial charge in [-0.1, -0.05) is 25.1 Å². The van der Waals surface area contributed by atoms with Crippen LogP contribution >= 0.6 is 0 Å². The van der Waals surface area contributed by atoms with Crippen molar-refractivity contribution < 1.29 is 9.53 Å². The molecule has 0 unspecified atom stereocenters. The molecule has 0 saturated heterocycles. The van der Waals surface area contributed by atoms with Crippen LogP contribution < -0.4 is 10.1 Å². The van der Waals surface area contributed by atoms with Crippen molar-refractivity contribution in [2.75, 3.05) is 6.61 Å². The van der Waals surface area contributed by atoms with Gasteiger partial charge in [-0.2, -0.15) is 0 Å². The normalized spacial score (nSPS) is 10.5. The highest BCUT2D eigenvalue weighted by molar-refractivity contribution is 5.94. The van der Waals surface area contributed by atoms with Gasteiger partial charge in [-0.15, -0.1) is 0 Å². The largest absolute Gasteiger partial charge is 0.493 e. The average molecular weight is 321 g/mol. The van der Waals surface area contributed by atoms with Gasteiger partial charge in [-0.05, 0) is 30.7 Å². The first-order valence-electron chi connectivity index (χ1n) is 7.97. The van der Waals surface area contributed by atoms with Crippen LogP contribution in [0.4, 0.5) is 0 Å². The maximum absolute atomic E-state index is 12.4. The number of ether oxygens (including phenoxy) is 1. The molecule has 0 aliphatic rings. The van der Waals surface area contributed by atoms with Gasteiger partial charge < -0.3 is 10.1 Å². The van der Waals surface area contributed by atoms with Gasteiger partial charge >= 0.3 is 0 Å². The first-order valence-corrected chi connectivity index (χ1v) is 7.97. The van der Waals surface area contributed by atoms with Crippen molar-refractivity contribution in [1.82, 2.24) is 15.3 Å². The lowest BCUT2D eigenvalue weighted by Gasteiger charge is -2.11. The highest BCUT2D eigenvalue weighted by Gasteiger charge is 2.10. The van der Waals surface area contributed by atoms with Crippen LogP contribution in [0, 0.1) is 0 Å². The van der Waals surface area contributed by atoms with Crippen LogP contribution in [0.3, 0.4) is 0 Å². The number of hydrogen-bond donors (Lipinski definition) is 1. The van der Waals surface area contributed by atoms with Crippen molar-refractivity contribution in [2.24, 2.45) is 0 Å². The van der Waals surface area contributed by atoms with E-state index in [1.165, 1.54) is 0 Å². The summed E-state index contributed by atoms with van der Waals surface area (Å²) >= 11 is 0. The van der Waals surface area contributed by atoms with E-state index in [0.29, 0.717) is 18.8 Å². The van der Waals surface area contributed by atoms with E-state index in [-0.39, 0.29) is 5.91 Å². The molecule has 0 fully saturated rings. The molecule has 0 aliphatic carbocycles. The van der Waals surface area contributed by atoms with Crippen molar-refractivity contribution >= 4 is 16.8 Å². The van der Waals surface area contributed by atoms with Crippen LogP contribution in [0.1, 0.15) is 29.4 Å². The number of rotatable bonds is 6. The first-order chi connectivity index (χ1) is 11.8. The zero-order chi connectivity index (χ0) is 16.8. The number of pyridine rings is 2. The molecule has 1 aromatic carbocycles. The van der Waals surface area contributed by atoms with Crippen LogP contribution in [0.2, 0.25) is 0 Å². The Hall–Kier alpha value is -2.95. The van der Waals surface area contributed by atoms with Crippen LogP contribution in [-0.2, 0) is 6.54 Å². The fraction of sp³-hybridized carbons (Fsp3) is 0.211. The molecule has 0 saturated carbocycles. The van der Waals surface area contributed by atoms with Crippen molar-refractivity contribution in [1.29, 1.82) is 0 Å². The second-order valence-electron chi connectivity index (χ2n) is 5.40. The summed E-state index contributed by atoms with van der Waals surface area (Å²) in [5.41, 5.74) is 2.09. The maximum atomic E-state index is 12.4. The predicted octanol–water partition coefficient (Wildman–Crippen LogP) is 3.35. The lowest BCUT2D eigenvalue weighted by molar-refractivity contribution is 0.0946. The fourth-order valence-electron chi connectivity index (χ4n) is 2.36. The number of carbonyl (C=O) groups excluding carboxylic acids is 1. The van der Waals surface area contributed by atoms with Gasteiger partial charge in [0.1, 0.15) is 11.4 Å². The Morgan fingerprint density at radius 1 is 1.17 bits per heavy atom. The molecule has 122 valence electrons. The van der Waals surface area contributed by atoms with Crippen LogP contribution in [0.15, 0.2) is 54.9 Å². The van der Waals surface area contributed by atoms with Gasteiger partial charge in [0.2, 0.25) is 0 Å². The number of nitrogens with zero attached hydrogens (tertiary/aromatic N) is 2. The maximum Gasteiger partial charge on any atom is 0.270 e. The van der Waals surface area contributed by atoms with E-state index in [1.54, 1.807) is 24.5 Å². The number of nitrogens with one attached hydrogen (secondary N) is 1. The lowest BCUT2D eigenvalue weighted by Crippen LogP contribution is -2.24. The van der Waals surface area contributed by atoms with Crippen molar-refractivity contribution in [3.63, 3.8) is 0 Å². The molecule has 5 heteroatoms. The van der Waals surface area contributed by atoms with Crippen LogP contribution in [0.5, 0.6) is 5.75 Å². The average Bonchev–Trinajstić information content (AvgIpc) is 2.64. The monoisotopic (exact) mass is 321 g/mol.